The molecule has 0 aliphatic rings. The van der Waals surface area contributed by atoms with Crippen molar-refractivity contribution in [2.45, 2.75) is 25.8 Å². The van der Waals surface area contributed by atoms with Gasteiger partial charge in [-0.25, -0.2) is 4.39 Å². The Labute approximate surface area is 113 Å². The van der Waals surface area contributed by atoms with Crippen LogP contribution in [-0.4, -0.2) is 16.3 Å². The third-order valence-electron chi connectivity index (χ3n) is 3.12. The van der Waals surface area contributed by atoms with Crippen molar-refractivity contribution in [1.82, 2.24) is 15.1 Å². The maximum absolute atomic E-state index is 13.9. The van der Waals surface area contributed by atoms with Gasteiger partial charge in [0.2, 0.25) is 0 Å². The molecule has 0 radical (unpaired) electrons. The summed E-state index contributed by atoms with van der Waals surface area (Å²) in [5, 5.41) is 7.57. The second kappa shape index (κ2) is 6.48. The van der Waals surface area contributed by atoms with Crippen molar-refractivity contribution in [2.24, 2.45) is 7.05 Å². The highest BCUT2D eigenvalue weighted by molar-refractivity contribution is 5.23. The molecule has 1 heterocycles. The number of halogens is 1. The number of hydrogen-bond donors (Lipinski definition) is 1. The zero-order valence-electron chi connectivity index (χ0n) is 11.4. The minimum atomic E-state index is -0.153. The molecule has 0 bridgehead atoms. The van der Waals surface area contributed by atoms with Gasteiger partial charge in [0.15, 0.2) is 0 Å². The molecule has 102 valence electrons. The molecule has 0 spiro atoms. The van der Waals surface area contributed by atoms with Gasteiger partial charge in [0.25, 0.3) is 0 Å². The fourth-order valence-electron chi connectivity index (χ4n) is 2.18. The molecule has 0 aliphatic carbocycles. The van der Waals surface area contributed by atoms with Gasteiger partial charge in [0.1, 0.15) is 5.82 Å². The van der Waals surface area contributed by atoms with Crippen molar-refractivity contribution < 1.29 is 4.39 Å². The van der Waals surface area contributed by atoms with Crippen molar-refractivity contribution in [3.8, 4) is 0 Å². The molecule has 2 aromatic rings. The summed E-state index contributed by atoms with van der Waals surface area (Å²) < 4.78 is 15.7. The van der Waals surface area contributed by atoms with Crippen molar-refractivity contribution in [2.75, 3.05) is 6.54 Å². The van der Waals surface area contributed by atoms with Gasteiger partial charge in [-0.3, -0.25) is 4.68 Å². The number of rotatable bonds is 6. The number of aromatic nitrogens is 2. The summed E-state index contributed by atoms with van der Waals surface area (Å²) in [6, 6.07) is 6.95. The van der Waals surface area contributed by atoms with Gasteiger partial charge in [0.05, 0.1) is 6.20 Å². The van der Waals surface area contributed by atoms with Gasteiger partial charge in [0, 0.05) is 24.8 Å². The summed E-state index contributed by atoms with van der Waals surface area (Å²) in [7, 11) is 1.89. The quantitative estimate of drug-likeness (QED) is 0.866. The van der Waals surface area contributed by atoms with Crippen LogP contribution in [-0.2, 0) is 13.5 Å². The summed E-state index contributed by atoms with van der Waals surface area (Å²) in [5.74, 6) is -0.153. The standard InChI is InChI=1S/C15H20FN3/c1-3-8-17-15(9-12-10-18-19(2)11-12)13-6-4-5-7-14(13)16/h4-7,10-11,15,17H,3,8-9H2,1-2H3. The Morgan fingerprint density at radius 3 is 2.79 bits per heavy atom. The minimum Gasteiger partial charge on any atom is -0.310 e. The van der Waals surface area contributed by atoms with Crippen LogP contribution in [0.25, 0.3) is 0 Å². The van der Waals surface area contributed by atoms with Gasteiger partial charge in [-0.05, 0) is 31.0 Å². The van der Waals surface area contributed by atoms with Crippen LogP contribution in [0.15, 0.2) is 36.7 Å². The maximum Gasteiger partial charge on any atom is 0.127 e. The zero-order valence-corrected chi connectivity index (χ0v) is 11.4. The molecule has 0 saturated carbocycles. The van der Waals surface area contributed by atoms with Crippen LogP contribution in [0.4, 0.5) is 4.39 Å². The lowest BCUT2D eigenvalue weighted by Crippen LogP contribution is -2.24. The van der Waals surface area contributed by atoms with Crippen LogP contribution in [0, 0.1) is 5.82 Å². The Bertz CT molecular complexity index is 522. The highest BCUT2D eigenvalue weighted by Crippen LogP contribution is 2.21. The Hall–Kier alpha value is -1.68. The molecule has 3 nitrogen and oxygen atoms in total. The average Bonchev–Trinajstić information content (AvgIpc) is 2.81. The second-order valence-electron chi connectivity index (χ2n) is 4.75. The molecular formula is C15H20FN3. The predicted molar refractivity (Wildman–Crippen MR) is 74.3 cm³/mol. The van der Waals surface area contributed by atoms with E-state index in [0.717, 1.165) is 30.5 Å². The van der Waals surface area contributed by atoms with E-state index < -0.39 is 0 Å². The molecule has 0 aliphatic heterocycles. The lowest BCUT2D eigenvalue weighted by Gasteiger charge is -2.19. The second-order valence-corrected chi connectivity index (χ2v) is 4.75. The molecule has 19 heavy (non-hydrogen) atoms. The number of hydrogen-bond acceptors (Lipinski definition) is 2. The van der Waals surface area contributed by atoms with Crippen LogP contribution in [0.2, 0.25) is 0 Å². The number of benzene rings is 1. The lowest BCUT2D eigenvalue weighted by atomic mass is 10.00. The Morgan fingerprint density at radius 2 is 2.16 bits per heavy atom. The molecule has 1 N–H and O–H groups in total. The Balaban J connectivity index is 2.18. The maximum atomic E-state index is 13.9. The van der Waals surface area contributed by atoms with E-state index in [0.29, 0.717) is 0 Å². The fourth-order valence-corrected chi connectivity index (χ4v) is 2.18. The van der Waals surface area contributed by atoms with E-state index >= 15 is 0 Å². The topological polar surface area (TPSA) is 29.9 Å². The summed E-state index contributed by atoms with van der Waals surface area (Å²) >= 11 is 0. The monoisotopic (exact) mass is 261 g/mol. The highest BCUT2D eigenvalue weighted by Gasteiger charge is 2.15. The third-order valence-corrected chi connectivity index (χ3v) is 3.12. The minimum absolute atomic E-state index is 0.00894. The molecular weight excluding hydrogens is 241 g/mol. The van der Waals surface area contributed by atoms with E-state index in [1.54, 1.807) is 10.7 Å². The van der Waals surface area contributed by atoms with Crippen molar-refractivity contribution in [1.29, 1.82) is 0 Å². The first kappa shape index (κ1) is 13.7. The summed E-state index contributed by atoms with van der Waals surface area (Å²) in [6.07, 6.45) is 5.58. The molecule has 1 aromatic carbocycles. The van der Waals surface area contributed by atoms with Gasteiger partial charge in [-0.2, -0.15) is 5.10 Å². The molecule has 1 atom stereocenters. The average molecular weight is 261 g/mol. The van der Waals surface area contributed by atoms with Crippen LogP contribution in [0.1, 0.15) is 30.5 Å². The molecule has 0 fully saturated rings. The van der Waals surface area contributed by atoms with E-state index in [1.165, 1.54) is 6.07 Å². The van der Waals surface area contributed by atoms with Gasteiger partial charge >= 0.3 is 0 Å². The first-order chi connectivity index (χ1) is 9.20. The first-order valence-corrected chi connectivity index (χ1v) is 6.66. The largest absolute Gasteiger partial charge is 0.310 e. The lowest BCUT2D eigenvalue weighted by molar-refractivity contribution is 0.497. The molecule has 1 aromatic heterocycles. The number of aryl methyl sites for hydroxylation is 1. The molecule has 0 saturated heterocycles. The fraction of sp³-hybridized carbons (Fsp3) is 0.400. The summed E-state index contributed by atoms with van der Waals surface area (Å²) in [6.45, 7) is 2.98. The van der Waals surface area contributed by atoms with Crippen molar-refractivity contribution in [3.05, 3.63) is 53.6 Å². The summed E-state index contributed by atoms with van der Waals surface area (Å²) in [4.78, 5) is 0. The zero-order chi connectivity index (χ0) is 13.7. The van der Waals surface area contributed by atoms with Crippen molar-refractivity contribution in [3.63, 3.8) is 0 Å². The highest BCUT2D eigenvalue weighted by atomic mass is 19.1. The smallest absolute Gasteiger partial charge is 0.127 e. The van der Waals surface area contributed by atoms with Crippen molar-refractivity contribution >= 4 is 0 Å². The molecule has 1 unspecified atom stereocenters. The van der Waals surface area contributed by atoms with E-state index in [-0.39, 0.29) is 11.9 Å². The predicted octanol–water partition coefficient (Wildman–Crippen LogP) is 2.84. The molecule has 2 rings (SSSR count). The Kier molecular flexibility index (Phi) is 4.68. The molecule has 0 amide bonds. The van der Waals surface area contributed by atoms with Crippen LogP contribution < -0.4 is 5.32 Å². The third kappa shape index (κ3) is 3.64. The molecule has 4 heteroatoms. The SMILES string of the molecule is CCCNC(Cc1cnn(C)c1)c1ccccc1F. The first-order valence-electron chi connectivity index (χ1n) is 6.66. The van der Waals surface area contributed by atoms with E-state index in [1.807, 2.05) is 31.6 Å². The van der Waals surface area contributed by atoms with Gasteiger partial charge in [-0.1, -0.05) is 25.1 Å². The normalized spacial score (nSPS) is 12.6. The van der Waals surface area contributed by atoms with Gasteiger partial charge < -0.3 is 5.32 Å². The number of nitrogens with zero attached hydrogens (tertiary/aromatic N) is 2. The number of nitrogens with one attached hydrogen (secondary N) is 1. The van der Waals surface area contributed by atoms with Crippen LogP contribution in [0.5, 0.6) is 0 Å². The van der Waals surface area contributed by atoms with Crippen LogP contribution in [0.3, 0.4) is 0 Å². The van der Waals surface area contributed by atoms with Gasteiger partial charge in [-0.15, -0.1) is 0 Å². The summed E-state index contributed by atoms with van der Waals surface area (Å²) in [5.41, 5.74) is 1.83. The Morgan fingerprint density at radius 1 is 1.37 bits per heavy atom. The van der Waals surface area contributed by atoms with E-state index in [9.17, 15) is 4.39 Å². The van der Waals surface area contributed by atoms with E-state index in [4.69, 9.17) is 0 Å². The van der Waals surface area contributed by atoms with E-state index in [2.05, 4.69) is 17.3 Å². The van der Waals surface area contributed by atoms with Crippen LogP contribution >= 0.6 is 0 Å².